The van der Waals surface area contributed by atoms with Crippen LogP contribution in [0.2, 0.25) is 0 Å². The summed E-state index contributed by atoms with van der Waals surface area (Å²) in [5.74, 6) is 1.71. The van der Waals surface area contributed by atoms with Crippen molar-refractivity contribution in [1.29, 1.82) is 0 Å². The topological polar surface area (TPSA) is 88.8 Å². The number of methoxy groups -OCH3 is 3. The molecule has 2 aromatic carbocycles. The van der Waals surface area contributed by atoms with E-state index < -0.39 is 11.4 Å². The maximum atomic E-state index is 12.9. The monoisotopic (exact) mass is 426 g/mol. The summed E-state index contributed by atoms with van der Waals surface area (Å²) in [5.41, 5.74) is 0.498. The normalized spacial score (nSPS) is 12.0. The van der Waals surface area contributed by atoms with Crippen LogP contribution in [0.3, 0.4) is 0 Å². The molecule has 0 saturated heterocycles. The lowest BCUT2D eigenvalue weighted by molar-refractivity contribution is 0.373. The van der Waals surface area contributed by atoms with Crippen LogP contribution in [-0.2, 0) is 11.4 Å². The summed E-state index contributed by atoms with van der Waals surface area (Å²) >= 11 is 1.68. The van der Waals surface area contributed by atoms with Gasteiger partial charge in [-0.1, -0.05) is 27.2 Å². The number of hydrogen-bond acceptors (Lipinski definition) is 7. The van der Waals surface area contributed by atoms with Crippen molar-refractivity contribution in [3.63, 3.8) is 0 Å². The van der Waals surface area contributed by atoms with Crippen LogP contribution >= 0.6 is 15.9 Å². The second-order valence-electron chi connectivity index (χ2n) is 4.87. The number of fused-ring (bicyclic) bond motifs is 1. The Balaban J connectivity index is 2.02. The standard InChI is InChI=1S/C16H15BrN2O5S/c1-21-10-5-4-6-11(22-2)15(10)25(20)19-16-14-12(23-3)7-9(17)8-13(14)24-18-16/h4-8H,1-3H3,(H,18,19). The summed E-state index contributed by atoms with van der Waals surface area (Å²) in [4.78, 5) is 0.375. The molecule has 1 aromatic heterocycles. The molecule has 3 rings (SSSR count). The van der Waals surface area contributed by atoms with Crippen molar-refractivity contribution in [2.75, 3.05) is 26.1 Å². The molecule has 0 spiro atoms. The number of halogens is 1. The van der Waals surface area contributed by atoms with E-state index in [4.69, 9.17) is 18.7 Å². The molecule has 1 heterocycles. The summed E-state index contributed by atoms with van der Waals surface area (Å²) in [5, 5.41) is 4.55. The number of anilines is 1. The van der Waals surface area contributed by atoms with Crippen molar-refractivity contribution in [2.45, 2.75) is 4.90 Å². The van der Waals surface area contributed by atoms with E-state index in [-0.39, 0.29) is 0 Å². The van der Waals surface area contributed by atoms with Gasteiger partial charge in [0.1, 0.15) is 22.5 Å². The highest BCUT2D eigenvalue weighted by Gasteiger charge is 2.27. The second-order valence-corrected chi connectivity index (χ2v) is 6.94. The highest BCUT2D eigenvalue weighted by molar-refractivity contribution is 9.10. The largest absolute Gasteiger partial charge is 0.588 e. The second kappa shape index (κ2) is 7.42. The minimum atomic E-state index is -1.70. The highest BCUT2D eigenvalue weighted by atomic mass is 79.9. The molecule has 0 amide bonds. The average molecular weight is 427 g/mol. The molecular formula is C16H15BrN2O5S. The molecule has 25 heavy (non-hydrogen) atoms. The van der Waals surface area contributed by atoms with Gasteiger partial charge in [-0.05, 0) is 24.3 Å². The van der Waals surface area contributed by atoms with E-state index >= 15 is 0 Å². The third kappa shape index (κ3) is 3.35. The number of nitrogens with zero attached hydrogens (tertiary/aromatic N) is 1. The number of aromatic nitrogens is 1. The molecule has 0 bridgehead atoms. The summed E-state index contributed by atoms with van der Waals surface area (Å²) in [6.07, 6.45) is 0. The molecule has 0 aliphatic heterocycles. The molecule has 0 aliphatic rings. The van der Waals surface area contributed by atoms with Gasteiger partial charge in [-0.15, -0.1) is 0 Å². The Bertz CT molecular complexity index is 879. The van der Waals surface area contributed by atoms with Crippen molar-refractivity contribution >= 4 is 44.1 Å². The quantitative estimate of drug-likeness (QED) is 0.600. The van der Waals surface area contributed by atoms with Crippen molar-refractivity contribution < 1.29 is 23.3 Å². The smallest absolute Gasteiger partial charge is 0.263 e. The molecule has 1 N–H and O–H groups in total. The third-order valence-corrected chi connectivity index (χ3v) is 5.09. The number of nitrogens with one attached hydrogen (secondary N) is 1. The third-order valence-electron chi connectivity index (χ3n) is 3.48. The predicted molar refractivity (Wildman–Crippen MR) is 97.8 cm³/mol. The van der Waals surface area contributed by atoms with E-state index in [0.29, 0.717) is 38.9 Å². The fraction of sp³-hybridized carbons (Fsp3) is 0.188. The fourth-order valence-corrected chi connectivity index (χ4v) is 3.87. The lowest BCUT2D eigenvalue weighted by atomic mass is 10.2. The molecule has 7 nitrogen and oxygen atoms in total. The molecule has 0 fully saturated rings. The van der Waals surface area contributed by atoms with Crippen LogP contribution in [0.1, 0.15) is 0 Å². The molecule has 9 heteroatoms. The number of ether oxygens (including phenoxy) is 3. The van der Waals surface area contributed by atoms with Gasteiger partial charge < -0.3 is 23.3 Å². The van der Waals surface area contributed by atoms with E-state index in [1.807, 2.05) is 0 Å². The van der Waals surface area contributed by atoms with Crippen molar-refractivity contribution in [1.82, 2.24) is 5.16 Å². The average Bonchev–Trinajstić information content (AvgIpc) is 3.02. The van der Waals surface area contributed by atoms with E-state index in [1.165, 1.54) is 21.3 Å². The van der Waals surface area contributed by atoms with Gasteiger partial charge in [-0.25, -0.2) is 0 Å². The maximum absolute atomic E-state index is 12.9. The van der Waals surface area contributed by atoms with Crippen LogP contribution in [0, 0.1) is 0 Å². The molecule has 1 atom stereocenters. The van der Waals surface area contributed by atoms with Crippen LogP contribution in [0.25, 0.3) is 11.0 Å². The van der Waals surface area contributed by atoms with E-state index in [2.05, 4.69) is 25.8 Å². The van der Waals surface area contributed by atoms with Gasteiger partial charge in [0.05, 0.1) is 21.3 Å². The van der Waals surface area contributed by atoms with Gasteiger partial charge in [0.15, 0.2) is 17.1 Å². The van der Waals surface area contributed by atoms with Crippen molar-refractivity contribution in [3.8, 4) is 17.2 Å². The Morgan fingerprint density at radius 1 is 1.08 bits per heavy atom. The zero-order valence-electron chi connectivity index (χ0n) is 13.7. The molecular weight excluding hydrogens is 412 g/mol. The summed E-state index contributed by atoms with van der Waals surface area (Å²) in [6.45, 7) is 0. The number of benzene rings is 2. The number of hydrogen-bond donors (Lipinski definition) is 1. The Labute approximate surface area is 155 Å². The lowest BCUT2D eigenvalue weighted by Gasteiger charge is -2.15. The summed E-state index contributed by atoms with van der Waals surface area (Å²) in [6, 6.07) is 8.69. The number of rotatable bonds is 6. The van der Waals surface area contributed by atoms with Gasteiger partial charge in [-0.3, -0.25) is 0 Å². The SMILES string of the molecule is COc1cccc(OC)c1[S+]([O-])Nc1noc2cc(Br)cc(OC)c12. The maximum Gasteiger partial charge on any atom is 0.263 e. The molecule has 0 aliphatic carbocycles. The van der Waals surface area contributed by atoms with Crippen LogP contribution in [0.5, 0.6) is 17.2 Å². The first-order valence-electron chi connectivity index (χ1n) is 7.11. The first-order chi connectivity index (χ1) is 12.1. The van der Waals surface area contributed by atoms with Gasteiger partial charge in [0.2, 0.25) is 5.82 Å². The molecule has 3 aromatic rings. The Morgan fingerprint density at radius 2 is 1.72 bits per heavy atom. The molecule has 0 radical (unpaired) electrons. The first-order valence-corrected chi connectivity index (χ1v) is 9.05. The summed E-state index contributed by atoms with van der Waals surface area (Å²) in [7, 11) is 4.54. The van der Waals surface area contributed by atoms with E-state index in [1.54, 1.807) is 30.3 Å². The summed E-state index contributed by atoms with van der Waals surface area (Å²) < 4.78 is 37.8. The zero-order valence-corrected chi connectivity index (χ0v) is 16.1. The highest BCUT2D eigenvalue weighted by Crippen LogP contribution is 2.38. The minimum absolute atomic E-state index is 0.297. The first kappa shape index (κ1) is 17.7. The zero-order chi connectivity index (χ0) is 18.0. The van der Waals surface area contributed by atoms with Gasteiger partial charge >= 0.3 is 0 Å². The predicted octanol–water partition coefficient (Wildman–Crippen LogP) is 3.75. The van der Waals surface area contributed by atoms with Crippen LogP contribution in [-0.4, -0.2) is 31.0 Å². The van der Waals surface area contributed by atoms with Crippen LogP contribution in [0.15, 0.2) is 44.2 Å². The molecule has 132 valence electrons. The lowest BCUT2D eigenvalue weighted by Crippen LogP contribution is -2.15. The van der Waals surface area contributed by atoms with Crippen LogP contribution in [0.4, 0.5) is 5.82 Å². The Morgan fingerprint density at radius 3 is 2.32 bits per heavy atom. The van der Waals surface area contributed by atoms with E-state index in [9.17, 15) is 4.55 Å². The van der Waals surface area contributed by atoms with Crippen molar-refractivity contribution in [3.05, 3.63) is 34.8 Å². The fourth-order valence-electron chi connectivity index (χ4n) is 2.37. The Kier molecular flexibility index (Phi) is 5.26. The van der Waals surface area contributed by atoms with Crippen molar-refractivity contribution in [2.24, 2.45) is 0 Å². The molecule has 1 unspecified atom stereocenters. The van der Waals surface area contributed by atoms with Crippen LogP contribution < -0.4 is 18.9 Å². The minimum Gasteiger partial charge on any atom is -0.588 e. The van der Waals surface area contributed by atoms with Gasteiger partial charge in [-0.2, -0.15) is 4.72 Å². The van der Waals surface area contributed by atoms with Gasteiger partial charge in [0, 0.05) is 4.47 Å². The molecule has 0 saturated carbocycles. The Hall–Kier alpha value is -2.10. The van der Waals surface area contributed by atoms with E-state index in [0.717, 1.165) is 4.47 Å². The van der Waals surface area contributed by atoms with Gasteiger partial charge in [0.25, 0.3) is 4.90 Å².